The van der Waals surface area contributed by atoms with Crippen LogP contribution in [0, 0.1) is 5.82 Å². The second-order valence-corrected chi connectivity index (χ2v) is 7.30. The Labute approximate surface area is 178 Å². The van der Waals surface area contributed by atoms with Crippen LogP contribution in [0.1, 0.15) is 11.8 Å². The zero-order valence-electron chi connectivity index (χ0n) is 16.7. The fourth-order valence-corrected chi connectivity index (χ4v) is 3.67. The molecular weight excluding hydrogens is 395 g/mol. The van der Waals surface area contributed by atoms with Gasteiger partial charge in [-0.05, 0) is 35.9 Å². The maximum atomic E-state index is 13.8. The minimum Gasteiger partial charge on any atom is -0.383 e. The summed E-state index contributed by atoms with van der Waals surface area (Å²) in [7, 11) is 0. The van der Waals surface area contributed by atoms with Crippen molar-refractivity contribution in [2.45, 2.75) is 6.10 Å². The van der Waals surface area contributed by atoms with E-state index in [-0.39, 0.29) is 11.9 Å². The van der Waals surface area contributed by atoms with E-state index < -0.39 is 0 Å². The molecule has 0 aliphatic carbocycles. The third kappa shape index (κ3) is 4.03. The Morgan fingerprint density at radius 3 is 2.77 bits per heavy atom. The molecule has 0 radical (unpaired) electrons. The Morgan fingerprint density at radius 2 is 2.00 bits per heavy atom. The summed E-state index contributed by atoms with van der Waals surface area (Å²) in [6.45, 7) is 2.27. The average molecular weight is 416 g/mol. The molecule has 0 spiro atoms. The van der Waals surface area contributed by atoms with Crippen molar-refractivity contribution in [3.05, 3.63) is 72.3 Å². The van der Waals surface area contributed by atoms with Crippen LogP contribution in [0.25, 0.3) is 22.0 Å². The molecule has 2 aromatic carbocycles. The van der Waals surface area contributed by atoms with Crippen LogP contribution < -0.4 is 16.4 Å². The second kappa shape index (κ2) is 8.25. The van der Waals surface area contributed by atoms with Gasteiger partial charge >= 0.3 is 0 Å². The molecule has 3 heterocycles. The first-order chi connectivity index (χ1) is 15.2. The van der Waals surface area contributed by atoms with E-state index in [9.17, 15) is 4.39 Å². The highest BCUT2D eigenvalue weighted by Gasteiger charge is 2.17. The number of para-hydroxylation sites is 1. The molecule has 5 rings (SSSR count). The fourth-order valence-electron chi connectivity index (χ4n) is 3.67. The van der Waals surface area contributed by atoms with Gasteiger partial charge in [-0.15, -0.1) is 0 Å². The number of nitrogens with two attached hydrogens (primary N) is 1. The van der Waals surface area contributed by atoms with E-state index in [4.69, 9.17) is 10.5 Å². The van der Waals surface area contributed by atoms with Gasteiger partial charge in [0.25, 0.3) is 0 Å². The Morgan fingerprint density at radius 1 is 1.10 bits per heavy atom. The standard InChI is InChI=1S/C23H21FN6O/c24-15-4-1-3-14(11-15)17-5-2-6-18-21(17)29-23(30-22(18)25)28-16-7-8-19(27-12-16)20-13-26-9-10-31-20/h1-8,11-12,20,26H,9-10,13H2,(H3,25,28,29,30). The summed E-state index contributed by atoms with van der Waals surface area (Å²) in [4.78, 5) is 13.5. The normalized spacial score (nSPS) is 16.4. The third-order valence-corrected chi connectivity index (χ3v) is 5.19. The molecule has 1 saturated heterocycles. The van der Waals surface area contributed by atoms with Crippen molar-refractivity contribution in [2.24, 2.45) is 0 Å². The summed E-state index contributed by atoms with van der Waals surface area (Å²) in [6.07, 6.45) is 1.67. The van der Waals surface area contributed by atoms with Gasteiger partial charge in [0.15, 0.2) is 0 Å². The quantitative estimate of drug-likeness (QED) is 0.465. The van der Waals surface area contributed by atoms with E-state index in [0.29, 0.717) is 29.3 Å². The zero-order valence-corrected chi connectivity index (χ0v) is 16.7. The molecule has 1 aliphatic rings. The number of fused-ring (bicyclic) bond motifs is 1. The van der Waals surface area contributed by atoms with Crippen LogP contribution in [0.4, 0.5) is 21.8 Å². The number of nitrogen functional groups attached to an aromatic ring is 1. The molecule has 1 unspecified atom stereocenters. The number of ether oxygens (including phenoxy) is 1. The van der Waals surface area contributed by atoms with Crippen molar-refractivity contribution in [1.82, 2.24) is 20.3 Å². The minimum atomic E-state index is -0.307. The van der Waals surface area contributed by atoms with Crippen molar-refractivity contribution in [2.75, 3.05) is 30.7 Å². The lowest BCUT2D eigenvalue weighted by Crippen LogP contribution is -2.33. The van der Waals surface area contributed by atoms with E-state index in [0.717, 1.165) is 35.6 Å². The maximum Gasteiger partial charge on any atom is 0.229 e. The first-order valence-corrected chi connectivity index (χ1v) is 10.0. The third-order valence-electron chi connectivity index (χ3n) is 5.19. The monoisotopic (exact) mass is 416 g/mol. The Bertz CT molecular complexity index is 1220. The number of hydrogen-bond acceptors (Lipinski definition) is 7. The number of anilines is 3. The number of hydrogen-bond donors (Lipinski definition) is 3. The molecule has 31 heavy (non-hydrogen) atoms. The van der Waals surface area contributed by atoms with E-state index in [1.165, 1.54) is 12.1 Å². The molecule has 8 heteroatoms. The first kappa shape index (κ1) is 19.3. The van der Waals surface area contributed by atoms with Crippen LogP contribution in [0.5, 0.6) is 0 Å². The minimum absolute atomic E-state index is 0.0517. The first-order valence-electron chi connectivity index (χ1n) is 10.0. The SMILES string of the molecule is Nc1nc(Nc2ccc(C3CNCCO3)nc2)nc2c(-c3cccc(F)c3)cccc12. The number of nitrogens with zero attached hydrogens (tertiary/aromatic N) is 3. The molecule has 0 bridgehead atoms. The van der Waals surface area contributed by atoms with Crippen LogP contribution in [0.2, 0.25) is 0 Å². The molecule has 0 saturated carbocycles. The van der Waals surface area contributed by atoms with Gasteiger partial charge in [-0.25, -0.2) is 9.37 Å². The Hall–Kier alpha value is -3.62. The number of pyridine rings is 1. The van der Waals surface area contributed by atoms with Gasteiger partial charge in [0.05, 0.1) is 29.7 Å². The molecule has 7 nitrogen and oxygen atoms in total. The lowest BCUT2D eigenvalue weighted by molar-refractivity contribution is 0.0250. The second-order valence-electron chi connectivity index (χ2n) is 7.30. The van der Waals surface area contributed by atoms with Gasteiger partial charge in [0, 0.05) is 24.0 Å². The largest absolute Gasteiger partial charge is 0.383 e. The lowest BCUT2D eigenvalue weighted by atomic mass is 10.0. The number of morpholine rings is 1. The molecular formula is C23H21FN6O. The molecule has 1 fully saturated rings. The number of benzene rings is 2. The number of rotatable bonds is 4. The van der Waals surface area contributed by atoms with E-state index in [2.05, 4.69) is 25.6 Å². The topological polar surface area (TPSA) is 98.0 Å². The van der Waals surface area contributed by atoms with Crippen LogP contribution >= 0.6 is 0 Å². The van der Waals surface area contributed by atoms with Crippen LogP contribution in [0.15, 0.2) is 60.8 Å². The van der Waals surface area contributed by atoms with Gasteiger partial charge < -0.3 is 21.1 Å². The predicted octanol–water partition coefficient (Wildman–Crippen LogP) is 3.82. The van der Waals surface area contributed by atoms with Crippen LogP contribution in [0.3, 0.4) is 0 Å². The average Bonchev–Trinajstić information content (AvgIpc) is 2.80. The van der Waals surface area contributed by atoms with Crippen molar-refractivity contribution in [3.63, 3.8) is 0 Å². The number of halogens is 1. The number of nitrogens with one attached hydrogen (secondary N) is 2. The molecule has 1 atom stereocenters. The van der Waals surface area contributed by atoms with E-state index in [1.807, 2.05) is 36.4 Å². The Balaban J connectivity index is 1.47. The summed E-state index contributed by atoms with van der Waals surface area (Å²) in [6, 6.07) is 15.8. The highest BCUT2D eigenvalue weighted by molar-refractivity contribution is 5.99. The summed E-state index contributed by atoms with van der Waals surface area (Å²) < 4.78 is 19.5. The lowest BCUT2D eigenvalue weighted by Gasteiger charge is -2.23. The molecule has 1 aliphatic heterocycles. The van der Waals surface area contributed by atoms with Crippen molar-refractivity contribution in [3.8, 4) is 11.1 Å². The number of aromatic nitrogens is 3. The van der Waals surface area contributed by atoms with Crippen molar-refractivity contribution < 1.29 is 9.13 Å². The van der Waals surface area contributed by atoms with E-state index >= 15 is 0 Å². The van der Waals surface area contributed by atoms with Gasteiger partial charge in [-0.1, -0.05) is 24.3 Å². The summed E-state index contributed by atoms with van der Waals surface area (Å²) >= 11 is 0. The summed E-state index contributed by atoms with van der Waals surface area (Å²) in [5.41, 5.74) is 9.96. The molecule has 2 aromatic heterocycles. The summed E-state index contributed by atoms with van der Waals surface area (Å²) in [5.74, 6) is 0.384. The van der Waals surface area contributed by atoms with Crippen LogP contribution in [-0.2, 0) is 4.74 Å². The molecule has 4 aromatic rings. The highest BCUT2D eigenvalue weighted by atomic mass is 19.1. The Kier molecular flexibility index (Phi) is 5.15. The predicted molar refractivity (Wildman–Crippen MR) is 118 cm³/mol. The highest BCUT2D eigenvalue weighted by Crippen LogP contribution is 2.31. The van der Waals surface area contributed by atoms with Crippen molar-refractivity contribution in [1.29, 1.82) is 0 Å². The summed E-state index contributed by atoms with van der Waals surface area (Å²) in [5, 5.41) is 7.17. The van der Waals surface area contributed by atoms with Gasteiger partial charge in [-0.3, -0.25) is 4.98 Å². The smallest absolute Gasteiger partial charge is 0.229 e. The van der Waals surface area contributed by atoms with Gasteiger partial charge in [0.1, 0.15) is 17.7 Å². The van der Waals surface area contributed by atoms with E-state index in [1.54, 1.807) is 12.3 Å². The van der Waals surface area contributed by atoms with Crippen molar-refractivity contribution >= 4 is 28.4 Å². The zero-order chi connectivity index (χ0) is 21.2. The molecule has 4 N–H and O–H groups in total. The molecule has 156 valence electrons. The maximum absolute atomic E-state index is 13.8. The van der Waals surface area contributed by atoms with Gasteiger partial charge in [-0.2, -0.15) is 4.98 Å². The van der Waals surface area contributed by atoms with Crippen LogP contribution in [-0.4, -0.2) is 34.6 Å². The fraction of sp³-hybridized carbons (Fsp3) is 0.174. The van der Waals surface area contributed by atoms with Gasteiger partial charge in [0.2, 0.25) is 5.95 Å². The molecule has 0 amide bonds.